The molecule has 0 radical (unpaired) electrons. The van der Waals surface area contributed by atoms with E-state index in [4.69, 9.17) is 4.18 Å². The van der Waals surface area contributed by atoms with Crippen LogP contribution in [0.25, 0.3) is 0 Å². The van der Waals surface area contributed by atoms with Crippen molar-refractivity contribution in [1.29, 1.82) is 0 Å². The summed E-state index contributed by atoms with van der Waals surface area (Å²) in [6, 6.07) is 5.71. The van der Waals surface area contributed by atoms with Gasteiger partial charge in [-0.15, -0.1) is 0 Å². The Bertz CT molecular complexity index is 615. The Morgan fingerprint density at radius 3 is 1.95 bits per heavy atom. The van der Waals surface area contributed by atoms with Crippen LogP contribution in [0, 0.1) is 5.92 Å². The normalized spacial score (nSPS) is 13.7. The van der Waals surface area contributed by atoms with Gasteiger partial charge in [-0.1, -0.05) is 67.5 Å². The molecule has 0 saturated heterocycles. The van der Waals surface area contributed by atoms with E-state index in [2.05, 4.69) is 20.8 Å². The minimum Gasteiger partial charge on any atom is -0.266 e. The van der Waals surface area contributed by atoms with Gasteiger partial charge in [0, 0.05) is 0 Å². The quantitative estimate of drug-likeness (QED) is 0.757. The van der Waals surface area contributed by atoms with Crippen LogP contribution in [0.2, 0.25) is 0 Å². The highest BCUT2D eigenvalue weighted by molar-refractivity contribution is 7.86. The largest absolute Gasteiger partial charge is 0.297 e. The molecule has 0 atom stereocenters. The van der Waals surface area contributed by atoms with Gasteiger partial charge in [0.25, 0.3) is 10.1 Å². The van der Waals surface area contributed by atoms with Gasteiger partial charge in [0.2, 0.25) is 0 Å². The van der Waals surface area contributed by atoms with Crippen LogP contribution < -0.4 is 0 Å². The SMILES string of the molecule is CC(C)COS(=O)(=O)c1cc(C(C)(C)C)ccc1C(C)(C)C. The molecule has 1 aromatic rings. The monoisotopic (exact) mass is 326 g/mol. The molecule has 1 aromatic carbocycles. The molecule has 22 heavy (non-hydrogen) atoms. The molecule has 0 saturated carbocycles. The minimum atomic E-state index is -3.75. The molecule has 0 heterocycles. The number of rotatable bonds is 4. The Labute approximate surface area is 136 Å². The van der Waals surface area contributed by atoms with Crippen molar-refractivity contribution in [3.05, 3.63) is 29.3 Å². The summed E-state index contributed by atoms with van der Waals surface area (Å²) >= 11 is 0. The molecule has 0 N–H and O–H groups in total. The van der Waals surface area contributed by atoms with Crippen LogP contribution in [-0.4, -0.2) is 15.0 Å². The van der Waals surface area contributed by atoms with Crippen molar-refractivity contribution in [2.24, 2.45) is 5.92 Å². The van der Waals surface area contributed by atoms with Crippen LogP contribution in [0.4, 0.5) is 0 Å². The number of hydrogen-bond donors (Lipinski definition) is 0. The standard InChI is InChI=1S/C18H30O3S/c1-13(2)12-21-22(19,20)16-11-14(17(3,4)5)9-10-15(16)18(6,7)8/h9-11,13H,12H2,1-8H3. The highest BCUT2D eigenvalue weighted by Crippen LogP contribution is 2.34. The van der Waals surface area contributed by atoms with E-state index in [1.807, 2.05) is 46.8 Å². The van der Waals surface area contributed by atoms with E-state index in [-0.39, 0.29) is 23.4 Å². The summed E-state index contributed by atoms with van der Waals surface area (Å²) in [6.45, 7) is 16.3. The van der Waals surface area contributed by atoms with E-state index in [0.717, 1.165) is 11.1 Å². The molecular weight excluding hydrogens is 296 g/mol. The summed E-state index contributed by atoms with van der Waals surface area (Å²) in [5, 5.41) is 0. The first-order chi connectivity index (χ1) is 9.75. The van der Waals surface area contributed by atoms with Crippen molar-refractivity contribution in [1.82, 2.24) is 0 Å². The Morgan fingerprint density at radius 1 is 1.00 bits per heavy atom. The first-order valence-electron chi connectivity index (χ1n) is 7.79. The molecular formula is C18H30O3S. The lowest BCUT2D eigenvalue weighted by Crippen LogP contribution is -2.21. The first kappa shape index (κ1) is 19.2. The van der Waals surface area contributed by atoms with Crippen LogP contribution in [0.1, 0.15) is 66.5 Å². The molecule has 0 spiro atoms. The van der Waals surface area contributed by atoms with Crippen molar-refractivity contribution in [2.45, 2.75) is 71.1 Å². The summed E-state index contributed by atoms with van der Waals surface area (Å²) in [5.74, 6) is 0.165. The lowest BCUT2D eigenvalue weighted by Gasteiger charge is -2.26. The first-order valence-corrected chi connectivity index (χ1v) is 9.20. The van der Waals surface area contributed by atoms with Crippen LogP contribution in [-0.2, 0) is 25.1 Å². The van der Waals surface area contributed by atoms with E-state index in [0.29, 0.717) is 4.90 Å². The molecule has 0 amide bonds. The number of hydrogen-bond acceptors (Lipinski definition) is 3. The summed E-state index contributed by atoms with van der Waals surface area (Å²) < 4.78 is 30.6. The average molecular weight is 327 g/mol. The summed E-state index contributed by atoms with van der Waals surface area (Å²) in [7, 11) is -3.75. The molecule has 4 heteroatoms. The molecule has 0 aliphatic heterocycles. The fourth-order valence-corrected chi connectivity index (χ4v) is 3.60. The molecule has 1 rings (SSSR count). The van der Waals surface area contributed by atoms with Crippen molar-refractivity contribution in [2.75, 3.05) is 6.61 Å². The molecule has 0 aromatic heterocycles. The van der Waals surface area contributed by atoms with E-state index in [1.54, 1.807) is 6.07 Å². The topological polar surface area (TPSA) is 43.4 Å². The molecule has 0 aliphatic rings. The highest BCUT2D eigenvalue weighted by Gasteiger charge is 2.28. The Balaban J connectivity index is 3.47. The van der Waals surface area contributed by atoms with Gasteiger partial charge in [0.05, 0.1) is 11.5 Å². The third kappa shape index (κ3) is 4.82. The smallest absolute Gasteiger partial charge is 0.266 e. The summed E-state index contributed by atoms with van der Waals surface area (Å²) in [4.78, 5) is 0.299. The third-order valence-electron chi connectivity index (χ3n) is 3.48. The predicted molar refractivity (Wildman–Crippen MR) is 91.8 cm³/mol. The zero-order valence-electron chi connectivity index (χ0n) is 15.1. The van der Waals surface area contributed by atoms with E-state index in [9.17, 15) is 8.42 Å². The van der Waals surface area contributed by atoms with Crippen LogP contribution in [0.15, 0.2) is 23.1 Å². The summed E-state index contributed by atoms with van der Waals surface area (Å²) in [6.07, 6.45) is 0. The Hall–Kier alpha value is -0.870. The zero-order chi connectivity index (χ0) is 17.3. The van der Waals surface area contributed by atoms with E-state index < -0.39 is 10.1 Å². The maximum Gasteiger partial charge on any atom is 0.297 e. The van der Waals surface area contributed by atoms with Crippen LogP contribution in [0.3, 0.4) is 0 Å². The van der Waals surface area contributed by atoms with Gasteiger partial charge in [0.1, 0.15) is 0 Å². The molecule has 0 unspecified atom stereocenters. The van der Waals surface area contributed by atoms with Gasteiger partial charge in [-0.05, 0) is 33.9 Å². The molecule has 0 aliphatic carbocycles. The van der Waals surface area contributed by atoms with Crippen LogP contribution in [0.5, 0.6) is 0 Å². The Kier molecular flexibility index (Phi) is 5.51. The van der Waals surface area contributed by atoms with Crippen LogP contribution >= 0.6 is 0 Å². The van der Waals surface area contributed by atoms with Gasteiger partial charge >= 0.3 is 0 Å². The van der Waals surface area contributed by atoms with E-state index >= 15 is 0 Å². The van der Waals surface area contributed by atoms with Gasteiger partial charge in [-0.3, -0.25) is 4.18 Å². The maximum absolute atomic E-state index is 12.7. The molecule has 0 bridgehead atoms. The highest BCUT2D eigenvalue weighted by atomic mass is 32.2. The number of benzene rings is 1. The maximum atomic E-state index is 12.7. The predicted octanol–water partition coefficient (Wildman–Crippen LogP) is 4.64. The van der Waals surface area contributed by atoms with Gasteiger partial charge in [-0.25, -0.2) is 0 Å². The zero-order valence-corrected chi connectivity index (χ0v) is 16.0. The fourth-order valence-electron chi connectivity index (χ4n) is 2.10. The van der Waals surface area contributed by atoms with Gasteiger partial charge < -0.3 is 0 Å². The van der Waals surface area contributed by atoms with Gasteiger partial charge in [0.15, 0.2) is 0 Å². The minimum absolute atomic E-state index is 0.112. The Morgan fingerprint density at radius 2 is 1.55 bits per heavy atom. The lowest BCUT2D eigenvalue weighted by atomic mass is 9.82. The van der Waals surface area contributed by atoms with Crippen molar-refractivity contribution < 1.29 is 12.6 Å². The van der Waals surface area contributed by atoms with Crippen molar-refractivity contribution in [3.63, 3.8) is 0 Å². The third-order valence-corrected chi connectivity index (χ3v) is 4.80. The van der Waals surface area contributed by atoms with Crippen molar-refractivity contribution in [3.8, 4) is 0 Å². The van der Waals surface area contributed by atoms with Crippen molar-refractivity contribution >= 4 is 10.1 Å². The molecule has 0 fully saturated rings. The summed E-state index contributed by atoms with van der Waals surface area (Å²) in [5.41, 5.74) is 1.41. The second-order valence-electron chi connectivity index (χ2n) is 8.34. The molecule has 126 valence electrons. The second-order valence-corrected chi connectivity index (χ2v) is 9.93. The fraction of sp³-hybridized carbons (Fsp3) is 0.667. The lowest BCUT2D eigenvalue weighted by molar-refractivity contribution is 0.274. The average Bonchev–Trinajstić information content (AvgIpc) is 2.33. The van der Waals surface area contributed by atoms with Gasteiger partial charge in [-0.2, -0.15) is 8.42 Å². The molecule has 3 nitrogen and oxygen atoms in total. The second kappa shape index (κ2) is 6.32. The van der Waals surface area contributed by atoms with E-state index in [1.165, 1.54) is 0 Å².